The number of hydrogen-bond acceptors (Lipinski definition) is 3. The predicted molar refractivity (Wildman–Crippen MR) is 85.1 cm³/mol. The van der Waals surface area contributed by atoms with Gasteiger partial charge in [0.2, 0.25) is 0 Å². The number of thiophene rings is 1. The highest BCUT2D eigenvalue weighted by Gasteiger charge is 2.13. The number of nitrogens with zero attached hydrogens (tertiary/aromatic N) is 1. The number of hydrogen-bond donors (Lipinski definition) is 1. The average Bonchev–Trinajstić information content (AvgIpc) is 2.92. The first-order chi connectivity index (χ1) is 9.22. The molecule has 1 aromatic carbocycles. The highest BCUT2D eigenvalue weighted by molar-refractivity contribution is 7.09. The molecule has 1 unspecified atom stereocenters. The van der Waals surface area contributed by atoms with Crippen molar-refractivity contribution < 1.29 is 0 Å². The van der Waals surface area contributed by atoms with E-state index >= 15 is 0 Å². The summed E-state index contributed by atoms with van der Waals surface area (Å²) in [5.41, 5.74) is 8.34. The second-order valence-electron chi connectivity index (χ2n) is 4.91. The van der Waals surface area contributed by atoms with Crippen molar-refractivity contribution in [2.75, 3.05) is 18.5 Å². The molecule has 1 atom stereocenters. The van der Waals surface area contributed by atoms with Gasteiger partial charge in [0.15, 0.2) is 0 Å². The minimum atomic E-state index is 0.484. The lowest BCUT2D eigenvalue weighted by molar-refractivity contribution is 0.685. The number of rotatable bonds is 6. The Bertz CT molecular complexity index is 493. The van der Waals surface area contributed by atoms with Crippen LogP contribution in [-0.2, 0) is 12.8 Å². The zero-order chi connectivity index (χ0) is 13.7. The smallest absolute Gasteiger partial charge is 0.0399 e. The molecule has 0 aliphatic rings. The molecule has 0 fully saturated rings. The van der Waals surface area contributed by atoms with E-state index in [9.17, 15) is 0 Å². The normalized spacial score (nSPS) is 12.4. The first-order valence-electron chi connectivity index (χ1n) is 6.75. The summed E-state index contributed by atoms with van der Waals surface area (Å²) in [6.07, 6.45) is 2.03. The van der Waals surface area contributed by atoms with Crippen molar-refractivity contribution in [1.29, 1.82) is 0 Å². The molecule has 0 spiro atoms. The Morgan fingerprint density at radius 2 is 2.00 bits per heavy atom. The number of benzene rings is 1. The zero-order valence-electron chi connectivity index (χ0n) is 11.7. The van der Waals surface area contributed by atoms with E-state index in [0.29, 0.717) is 12.6 Å². The number of nitrogens with two attached hydrogens (primary N) is 1. The van der Waals surface area contributed by atoms with Gasteiger partial charge in [-0.1, -0.05) is 24.3 Å². The first kappa shape index (κ1) is 14.1. The Morgan fingerprint density at radius 1 is 1.21 bits per heavy atom. The molecule has 1 aromatic heterocycles. The maximum atomic E-state index is 5.70. The molecule has 2 nitrogen and oxygen atoms in total. The fourth-order valence-electron chi connectivity index (χ4n) is 2.32. The standard InChI is InChI=1S/C16H22N2S/c1-13(12-15-7-5-11-19-15)18(2)16-8-4-3-6-14(16)9-10-17/h3-8,11,13H,9-10,12,17H2,1-2H3. The first-order valence-corrected chi connectivity index (χ1v) is 7.63. The SMILES string of the molecule is CC(Cc1cccs1)N(C)c1ccccc1CCN. The Morgan fingerprint density at radius 3 is 2.68 bits per heavy atom. The Kier molecular flexibility index (Phi) is 5.00. The zero-order valence-corrected chi connectivity index (χ0v) is 12.5. The lowest BCUT2D eigenvalue weighted by Gasteiger charge is -2.29. The molecule has 2 N–H and O–H groups in total. The van der Waals surface area contributed by atoms with Crippen LogP contribution in [0.15, 0.2) is 41.8 Å². The van der Waals surface area contributed by atoms with Crippen LogP contribution in [0.4, 0.5) is 5.69 Å². The van der Waals surface area contributed by atoms with Gasteiger partial charge in [0.1, 0.15) is 0 Å². The van der Waals surface area contributed by atoms with Crippen LogP contribution in [0.5, 0.6) is 0 Å². The predicted octanol–water partition coefficient (Wildman–Crippen LogP) is 3.32. The highest BCUT2D eigenvalue weighted by Crippen LogP contribution is 2.23. The third-order valence-electron chi connectivity index (χ3n) is 3.52. The Labute approximate surface area is 119 Å². The third-order valence-corrected chi connectivity index (χ3v) is 4.42. The van der Waals surface area contributed by atoms with E-state index in [2.05, 4.69) is 60.6 Å². The molecule has 1 heterocycles. The van der Waals surface area contributed by atoms with Crippen molar-refractivity contribution in [3.05, 3.63) is 52.2 Å². The molecular weight excluding hydrogens is 252 g/mol. The monoisotopic (exact) mass is 274 g/mol. The minimum Gasteiger partial charge on any atom is -0.371 e. The Hall–Kier alpha value is -1.32. The van der Waals surface area contributed by atoms with Gasteiger partial charge in [-0.15, -0.1) is 11.3 Å². The van der Waals surface area contributed by atoms with Crippen LogP contribution in [0.3, 0.4) is 0 Å². The van der Waals surface area contributed by atoms with Crippen LogP contribution >= 0.6 is 11.3 Å². The molecule has 2 rings (SSSR count). The number of likely N-dealkylation sites (N-methyl/N-ethyl adjacent to an activating group) is 1. The Balaban J connectivity index is 2.12. The van der Waals surface area contributed by atoms with Gasteiger partial charge < -0.3 is 10.6 Å². The van der Waals surface area contributed by atoms with Gasteiger partial charge in [0, 0.05) is 30.1 Å². The van der Waals surface area contributed by atoms with Gasteiger partial charge in [-0.3, -0.25) is 0 Å². The molecule has 0 aliphatic carbocycles. The molecule has 0 aliphatic heterocycles. The van der Waals surface area contributed by atoms with E-state index in [1.54, 1.807) is 0 Å². The van der Waals surface area contributed by atoms with Crippen LogP contribution in [0.2, 0.25) is 0 Å². The molecule has 0 saturated heterocycles. The maximum absolute atomic E-state index is 5.70. The fourth-order valence-corrected chi connectivity index (χ4v) is 3.14. The van der Waals surface area contributed by atoms with E-state index in [-0.39, 0.29) is 0 Å². The molecule has 0 saturated carbocycles. The van der Waals surface area contributed by atoms with Crippen molar-refractivity contribution in [3.63, 3.8) is 0 Å². The quantitative estimate of drug-likeness (QED) is 0.875. The van der Waals surface area contributed by atoms with Gasteiger partial charge in [-0.05, 0) is 43.0 Å². The molecule has 102 valence electrons. The molecule has 0 bridgehead atoms. The van der Waals surface area contributed by atoms with Crippen LogP contribution in [0.25, 0.3) is 0 Å². The van der Waals surface area contributed by atoms with Gasteiger partial charge in [-0.2, -0.15) is 0 Å². The molecular formula is C16H22N2S. The van der Waals surface area contributed by atoms with Crippen molar-refractivity contribution >= 4 is 17.0 Å². The van der Waals surface area contributed by atoms with E-state index in [1.165, 1.54) is 16.1 Å². The summed E-state index contributed by atoms with van der Waals surface area (Å²) in [6.45, 7) is 2.98. The van der Waals surface area contributed by atoms with Crippen LogP contribution in [0, 0.1) is 0 Å². The third kappa shape index (κ3) is 3.58. The van der Waals surface area contributed by atoms with Gasteiger partial charge in [0.25, 0.3) is 0 Å². The van der Waals surface area contributed by atoms with Crippen LogP contribution < -0.4 is 10.6 Å². The van der Waals surface area contributed by atoms with Crippen molar-refractivity contribution in [3.8, 4) is 0 Å². The topological polar surface area (TPSA) is 29.3 Å². The minimum absolute atomic E-state index is 0.484. The van der Waals surface area contributed by atoms with Crippen LogP contribution in [-0.4, -0.2) is 19.6 Å². The highest BCUT2D eigenvalue weighted by atomic mass is 32.1. The second kappa shape index (κ2) is 6.73. The van der Waals surface area contributed by atoms with Crippen LogP contribution in [0.1, 0.15) is 17.4 Å². The lowest BCUT2D eigenvalue weighted by atomic mass is 10.1. The fraction of sp³-hybridized carbons (Fsp3) is 0.375. The van der Waals surface area contributed by atoms with Gasteiger partial charge >= 0.3 is 0 Å². The van der Waals surface area contributed by atoms with Gasteiger partial charge in [-0.25, -0.2) is 0 Å². The summed E-state index contributed by atoms with van der Waals surface area (Å²) in [4.78, 5) is 3.81. The van der Waals surface area contributed by atoms with Crippen molar-refractivity contribution in [2.24, 2.45) is 5.73 Å². The summed E-state index contributed by atoms with van der Waals surface area (Å²) in [7, 11) is 2.17. The number of anilines is 1. The van der Waals surface area contributed by atoms with E-state index in [1.807, 2.05) is 11.3 Å². The largest absolute Gasteiger partial charge is 0.371 e. The van der Waals surface area contributed by atoms with Gasteiger partial charge in [0.05, 0.1) is 0 Å². The molecule has 3 heteroatoms. The summed E-state index contributed by atoms with van der Waals surface area (Å²) in [5, 5.41) is 2.14. The average molecular weight is 274 g/mol. The summed E-state index contributed by atoms with van der Waals surface area (Å²) >= 11 is 1.83. The molecule has 2 aromatic rings. The maximum Gasteiger partial charge on any atom is 0.0399 e. The summed E-state index contributed by atoms with van der Waals surface area (Å²) in [6, 6.07) is 13.4. The lowest BCUT2D eigenvalue weighted by Crippen LogP contribution is -2.31. The molecule has 19 heavy (non-hydrogen) atoms. The number of para-hydroxylation sites is 1. The summed E-state index contributed by atoms with van der Waals surface area (Å²) < 4.78 is 0. The van der Waals surface area contributed by atoms with E-state index in [4.69, 9.17) is 5.73 Å². The molecule has 0 amide bonds. The second-order valence-corrected chi connectivity index (χ2v) is 5.94. The molecule has 0 radical (unpaired) electrons. The van der Waals surface area contributed by atoms with Crippen molar-refractivity contribution in [2.45, 2.75) is 25.8 Å². The summed E-state index contributed by atoms with van der Waals surface area (Å²) in [5.74, 6) is 0. The van der Waals surface area contributed by atoms with E-state index in [0.717, 1.165) is 12.8 Å². The van der Waals surface area contributed by atoms with Crippen molar-refractivity contribution in [1.82, 2.24) is 0 Å². The van der Waals surface area contributed by atoms with E-state index < -0.39 is 0 Å².